The maximum atomic E-state index is 12.5. The number of sulfonamides is 1. The molecule has 0 radical (unpaired) electrons. The largest absolute Gasteiger partial charge is 0.378 e. The zero-order valence-corrected chi connectivity index (χ0v) is 18.1. The number of hydrogen-bond donors (Lipinski definition) is 3. The standard InChI is InChI=1S/C20H25N5O5S/c1-14(24-31(28,29)18-6-3-16(4-7-18)22-15(2)26)20(27)23-19-8-5-17(13-21-19)25-9-11-30-12-10-25/h3-8,13-14,24H,9-12H2,1-2H3,(H,22,26)(H,21,23,27)/t14-/m0/s1. The lowest BCUT2D eigenvalue weighted by Gasteiger charge is -2.28. The summed E-state index contributed by atoms with van der Waals surface area (Å²) in [5, 5.41) is 5.17. The third-order valence-electron chi connectivity index (χ3n) is 4.59. The number of hydrogen-bond acceptors (Lipinski definition) is 7. The molecule has 31 heavy (non-hydrogen) atoms. The first-order valence-corrected chi connectivity index (χ1v) is 11.2. The van der Waals surface area contributed by atoms with Crippen LogP contribution in [0.5, 0.6) is 0 Å². The van der Waals surface area contributed by atoms with Crippen molar-refractivity contribution in [1.82, 2.24) is 9.71 Å². The smallest absolute Gasteiger partial charge is 0.243 e. The van der Waals surface area contributed by atoms with Gasteiger partial charge >= 0.3 is 0 Å². The summed E-state index contributed by atoms with van der Waals surface area (Å²) in [5.74, 6) is -0.469. The Morgan fingerprint density at radius 2 is 1.74 bits per heavy atom. The molecule has 2 amide bonds. The number of ether oxygens (including phenoxy) is 1. The van der Waals surface area contributed by atoms with E-state index >= 15 is 0 Å². The molecule has 11 heteroatoms. The quantitative estimate of drug-likeness (QED) is 0.581. The minimum atomic E-state index is -3.93. The number of rotatable bonds is 7. The number of anilines is 3. The average Bonchev–Trinajstić information content (AvgIpc) is 2.74. The van der Waals surface area contributed by atoms with E-state index in [-0.39, 0.29) is 10.8 Å². The van der Waals surface area contributed by atoms with Crippen LogP contribution in [0.2, 0.25) is 0 Å². The van der Waals surface area contributed by atoms with E-state index < -0.39 is 22.0 Å². The molecule has 1 saturated heterocycles. The number of morpholine rings is 1. The summed E-state index contributed by atoms with van der Waals surface area (Å²) in [5.41, 5.74) is 1.40. The molecule has 1 fully saturated rings. The zero-order chi connectivity index (χ0) is 22.4. The number of carbonyl (C=O) groups is 2. The van der Waals surface area contributed by atoms with Crippen LogP contribution in [0.15, 0.2) is 47.5 Å². The Balaban J connectivity index is 1.58. The first kappa shape index (κ1) is 22.7. The number of nitrogens with one attached hydrogen (secondary N) is 3. The van der Waals surface area contributed by atoms with Gasteiger partial charge in [-0.1, -0.05) is 0 Å². The number of carbonyl (C=O) groups excluding carboxylic acids is 2. The number of nitrogens with zero attached hydrogens (tertiary/aromatic N) is 2. The summed E-state index contributed by atoms with van der Waals surface area (Å²) in [6.07, 6.45) is 1.66. The van der Waals surface area contributed by atoms with Crippen LogP contribution in [-0.2, 0) is 24.3 Å². The summed E-state index contributed by atoms with van der Waals surface area (Å²) in [4.78, 5) is 29.9. The molecular weight excluding hydrogens is 422 g/mol. The van der Waals surface area contributed by atoms with Gasteiger partial charge in [-0.3, -0.25) is 9.59 Å². The molecular formula is C20H25N5O5S. The van der Waals surface area contributed by atoms with E-state index in [1.165, 1.54) is 38.1 Å². The monoisotopic (exact) mass is 447 g/mol. The van der Waals surface area contributed by atoms with Crippen LogP contribution in [0, 0.1) is 0 Å². The lowest BCUT2D eigenvalue weighted by molar-refractivity contribution is -0.117. The van der Waals surface area contributed by atoms with Crippen LogP contribution in [0.4, 0.5) is 17.2 Å². The first-order chi connectivity index (χ1) is 14.7. The molecule has 166 valence electrons. The molecule has 0 bridgehead atoms. The van der Waals surface area contributed by atoms with Crippen molar-refractivity contribution in [3.63, 3.8) is 0 Å². The highest BCUT2D eigenvalue weighted by Gasteiger charge is 2.22. The molecule has 1 aromatic heterocycles. The number of amides is 2. The maximum absolute atomic E-state index is 12.5. The van der Waals surface area contributed by atoms with Gasteiger partial charge in [-0.2, -0.15) is 4.72 Å². The fraction of sp³-hybridized carbons (Fsp3) is 0.350. The summed E-state index contributed by atoms with van der Waals surface area (Å²) in [6, 6.07) is 8.14. The molecule has 1 aromatic carbocycles. The summed E-state index contributed by atoms with van der Waals surface area (Å²) < 4.78 is 32.7. The lowest BCUT2D eigenvalue weighted by Crippen LogP contribution is -2.41. The van der Waals surface area contributed by atoms with Crippen LogP contribution >= 0.6 is 0 Å². The lowest BCUT2D eigenvalue weighted by atomic mass is 10.3. The SMILES string of the molecule is CC(=O)Nc1ccc(S(=O)(=O)N[C@@H](C)C(=O)Nc2ccc(N3CCOCC3)cn2)cc1. The van der Waals surface area contributed by atoms with Crippen molar-refractivity contribution in [1.29, 1.82) is 0 Å². The molecule has 2 heterocycles. The van der Waals surface area contributed by atoms with Crippen molar-refractivity contribution in [2.24, 2.45) is 0 Å². The first-order valence-electron chi connectivity index (χ1n) is 9.74. The van der Waals surface area contributed by atoms with Gasteiger partial charge in [0.2, 0.25) is 21.8 Å². The van der Waals surface area contributed by atoms with Crippen molar-refractivity contribution in [2.75, 3.05) is 41.8 Å². The molecule has 0 unspecified atom stereocenters. The molecule has 1 aliphatic rings. The molecule has 10 nitrogen and oxygen atoms in total. The van der Waals surface area contributed by atoms with E-state index in [9.17, 15) is 18.0 Å². The highest BCUT2D eigenvalue weighted by atomic mass is 32.2. The van der Waals surface area contributed by atoms with E-state index in [0.29, 0.717) is 24.7 Å². The molecule has 0 spiro atoms. The van der Waals surface area contributed by atoms with Gasteiger partial charge in [-0.15, -0.1) is 0 Å². The van der Waals surface area contributed by atoms with Gasteiger partial charge < -0.3 is 20.3 Å². The Hall–Kier alpha value is -3.02. The number of aromatic nitrogens is 1. The fourth-order valence-corrected chi connectivity index (χ4v) is 4.18. The predicted molar refractivity (Wildman–Crippen MR) is 116 cm³/mol. The van der Waals surface area contributed by atoms with E-state index in [1.807, 2.05) is 6.07 Å². The van der Waals surface area contributed by atoms with E-state index in [2.05, 4.69) is 25.2 Å². The van der Waals surface area contributed by atoms with Crippen molar-refractivity contribution >= 4 is 39.0 Å². The van der Waals surface area contributed by atoms with Crippen LogP contribution in [-0.4, -0.2) is 57.6 Å². The third kappa shape index (κ3) is 6.23. The maximum Gasteiger partial charge on any atom is 0.243 e. The van der Waals surface area contributed by atoms with Gasteiger partial charge in [0.1, 0.15) is 5.82 Å². The van der Waals surface area contributed by atoms with Crippen LogP contribution in [0.1, 0.15) is 13.8 Å². The van der Waals surface area contributed by atoms with Gasteiger partial charge in [0.25, 0.3) is 0 Å². The second-order valence-electron chi connectivity index (χ2n) is 7.04. The zero-order valence-electron chi connectivity index (χ0n) is 17.3. The minimum Gasteiger partial charge on any atom is -0.378 e. The Morgan fingerprint density at radius 3 is 2.32 bits per heavy atom. The second kappa shape index (κ2) is 9.86. The normalized spacial score (nSPS) is 15.2. The highest BCUT2D eigenvalue weighted by Crippen LogP contribution is 2.17. The Morgan fingerprint density at radius 1 is 1.06 bits per heavy atom. The minimum absolute atomic E-state index is 0.0192. The fourth-order valence-electron chi connectivity index (χ4n) is 2.98. The number of pyridine rings is 1. The van der Waals surface area contributed by atoms with Gasteiger partial charge in [-0.25, -0.2) is 13.4 Å². The van der Waals surface area contributed by atoms with E-state index in [4.69, 9.17) is 4.74 Å². The van der Waals surface area contributed by atoms with E-state index in [1.54, 1.807) is 12.3 Å². The van der Waals surface area contributed by atoms with Crippen molar-refractivity contribution in [3.05, 3.63) is 42.6 Å². The predicted octanol–water partition coefficient (Wildman–Crippen LogP) is 1.18. The van der Waals surface area contributed by atoms with Gasteiger partial charge in [-0.05, 0) is 43.3 Å². The molecule has 1 aliphatic heterocycles. The molecule has 0 saturated carbocycles. The van der Waals surface area contributed by atoms with Crippen molar-refractivity contribution in [2.45, 2.75) is 24.8 Å². The van der Waals surface area contributed by atoms with Crippen molar-refractivity contribution < 1.29 is 22.7 Å². The molecule has 1 atom stereocenters. The highest BCUT2D eigenvalue weighted by molar-refractivity contribution is 7.89. The Kier molecular flexibility index (Phi) is 7.21. The topological polar surface area (TPSA) is 130 Å². The third-order valence-corrected chi connectivity index (χ3v) is 6.14. The van der Waals surface area contributed by atoms with Gasteiger partial charge in [0.15, 0.2) is 0 Å². The van der Waals surface area contributed by atoms with Gasteiger partial charge in [0, 0.05) is 25.7 Å². The summed E-state index contributed by atoms with van der Waals surface area (Å²) in [7, 11) is -3.93. The summed E-state index contributed by atoms with van der Waals surface area (Å²) in [6.45, 7) is 5.67. The van der Waals surface area contributed by atoms with Crippen LogP contribution in [0.3, 0.4) is 0 Å². The second-order valence-corrected chi connectivity index (χ2v) is 8.75. The average molecular weight is 448 g/mol. The van der Waals surface area contributed by atoms with Crippen molar-refractivity contribution in [3.8, 4) is 0 Å². The molecule has 3 rings (SSSR count). The Bertz CT molecular complexity index is 1020. The van der Waals surface area contributed by atoms with E-state index in [0.717, 1.165) is 18.8 Å². The summed E-state index contributed by atoms with van der Waals surface area (Å²) >= 11 is 0. The molecule has 0 aliphatic carbocycles. The van der Waals surface area contributed by atoms with Crippen LogP contribution in [0.25, 0.3) is 0 Å². The van der Waals surface area contributed by atoms with Gasteiger partial charge in [0.05, 0.1) is 36.0 Å². The van der Waals surface area contributed by atoms with Crippen LogP contribution < -0.4 is 20.3 Å². The number of benzene rings is 1. The Labute approximate surface area is 181 Å². The molecule has 2 aromatic rings. The molecule has 3 N–H and O–H groups in total.